The van der Waals surface area contributed by atoms with Crippen LogP contribution in [0.4, 0.5) is 0 Å². The number of pyridine rings is 1. The molecule has 0 radical (unpaired) electrons. The molecule has 8 nitrogen and oxygen atoms in total. The van der Waals surface area contributed by atoms with E-state index in [-0.39, 0.29) is 22.7 Å². The van der Waals surface area contributed by atoms with Gasteiger partial charge in [-0.3, -0.25) is 9.78 Å². The number of hydrogen-bond donors (Lipinski definition) is 0. The molecule has 1 aromatic heterocycles. The second-order valence-electron chi connectivity index (χ2n) is 8.72. The molecule has 0 aliphatic carbocycles. The fourth-order valence-electron chi connectivity index (χ4n) is 4.36. The van der Waals surface area contributed by atoms with Crippen molar-refractivity contribution in [3.63, 3.8) is 0 Å². The molecule has 37 heavy (non-hydrogen) atoms. The van der Waals surface area contributed by atoms with E-state index >= 15 is 0 Å². The number of hydrogen-bond acceptors (Lipinski definition) is 7. The number of benzene rings is 3. The number of amides is 1. The minimum Gasteiger partial charge on any atom is -0.496 e. The number of methoxy groups -OCH3 is 2. The maximum atomic E-state index is 13.3. The van der Waals surface area contributed by atoms with Gasteiger partial charge in [0, 0.05) is 22.7 Å². The fourth-order valence-corrected chi connectivity index (χ4v) is 5.92. The van der Waals surface area contributed by atoms with E-state index < -0.39 is 9.84 Å². The first-order valence-electron chi connectivity index (χ1n) is 11.7. The van der Waals surface area contributed by atoms with Gasteiger partial charge in [-0.2, -0.15) is 0 Å². The highest BCUT2D eigenvalue weighted by Crippen LogP contribution is 2.31. The van der Waals surface area contributed by atoms with Gasteiger partial charge >= 0.3 is 0 Å². The number of nitrogens with zero attached hydrogens (tertiary/aromatic N) is 2. The Labute approximate surface area is 215 Å². The number of fused-ring (bicyclic) bond motifs is 1. The summed E-state index contributed by atoms with van der Waals surface area (Å²) < 4.78 is 43.4. The van der Waals surface area contributed by atoms with Crippen molar-refractivity contribution < 1.29 is 27.4 Å². The lowest BCUT2D eigenvalue weighted by Crippen LogP contribution is -2.56. The van der Waals surface area contributed by atoms with E-state index in [1.165, 1.54) is 7.11 Å². The van der Waals surface area contributed by atoms with Gasteiger partial charge in [0.15, 0.2) is 21.3 Å². The van der Waals surface area contributed by atoms with Gasteiger partial charge in [-0.1, -0.05) is 36.4 Å². The molecule has 0 unspecified atom stereocenters. The molecule has 5 rings (SSSR count). The smallest absolute Gasteiger partial charge is 0.254 e. The first-order valence-corrected chi connectivity index (χ1v) is 13.4. The van der Waals surface area contributed by atoms with E-state index in [0.717, 1.165) is 5.39 Å². The van der Waals surface area contributed by atoms with Crippen LogP contribution in [0.15, 0.2) is 83.9 Å². The standard InChI is InChI=1S/C28H26N2O6S/c1-34-23-9-3-4-10-24(23)36-22-16-30(17-22)28(31)20-12-13-21(25(15-20)35-2)18-37(32,33)26-11-5-7-19-8-6-14-29-27(19)26/h3-15,22H,16-18H2,1-2H3. The highest BCUT2D eigenvalue weighted by atomic mass is 32.2. The second kappa shape index (κ2) is 10.1. The van der Waals surface area contributed by atoms with Crippen molar-refractivity contribution in [1.29, 1.82) is 0 Å². The highest BCUT2D eigenvalue weighted by molar-refractivity contribution is 7.90. The zero-order chi connectivity index (χ0) is 26.0. The van der Waals surface area contributed by atoms with Crippen LogP contribution < -0.4 is 14.2 Å². The topological polar surface area (TPSA) is 95.0 Å². The van der Waals surface area contributed by atoms with Crippen molar-refractivity contribution in [3.8, 4) is 17.2 Å². The van der Waals surface area contributed by atoms with Gasteiger partial charge in [-0.15, -0.1) is 0 Å². The van der Waals surface area contributed by atoms with Crippen molar-refractivity contribution in [1.82, 2.24) is 9.88 Å². The molecule has 1 aliphatic heterocycles. The number of sulfone groups is 1. The molecule has 9 heteroatoms. The van der Waals surface area contributed by atoms with E-state index in [2.05, 4.69) is 4.98 Å². The summed E-state index contributed by atoms with van der Waals surface area (Å²) in [7, 11) is -0.681. The predicted octanol–water partition coefficient (Wildman–Crippen LogP) is 4.13. The number of carbonyl (C=O) groups excluding carboxylic acids is 1. The average molecular weight is 519 g/mol. The second-order valence-corrected chi connectivity index (χ2v) is 10.7. The molecule has 0 saturated carbocycles. The quantitative estimate of drug-likeness (QED) is 0.346. The average Bonchev–Trinajstić information content (AvgIpc) is 2.90. The molecule has 4 aromatic rings. The number of ether oxygens (including phenoxy) is 3. The lowest BCUT2D eigenvalue weighted by Gasteiger charge is -2.39. The zero-order valence-corrected chi connectivity index (χ0v) is 21.3. The summed E-state index contributed by atoms with van der Waals surface area (Å²) in [6.45, 7) is 0.868. The molecule has 0 N–H and O–H groups in total. The van der Waals surface area contributed by atoms with Crippen LogP contribution in [0.3, 0.4) is 0 Å². The third-order valence-corrected chi connectivity index (χ3v) is 8.00. The summed E-state index contributed by atoms with van der Waals surface area (Å²) in [4.78, 5) is 19.1. The van der Waals surface area contributed by atoms with Gasteiger partial charge in [0.25, 0.3) is 5.91 Å². The van der Waals surface area contributed by atoms with Crippen LogP contribution in [0, 0.1) is 0 Å². The Bertz CT molecular complexity index is 1560. The minimum absolute atomic E-state index is 0.138. The zero-order valence-electron chi connectivity index (χ0n) is 20.5. The number of rotatable bonds is 8. The van der Waals surface area contributed by atoms with Crippen LogP contribution in [0.25, 0.3) is 10.9 Å². The molecule has 0 spiro atoms. The van der Waals surface area contributed by atoms with Crippen molar-refractivity contribution in [3.05, 3.63) is 90.1 Å². The van der Waals surface area contributed by atoms with Crippen LogP contribution in [0.1, 0.15) is 15.9 Å². The van der Waals surface area contributed by atoms with E-state index in [9.17, 15) is 13.2 Å². The summed E-state index contributed by atoms with van der Waals surface area (Å²) in [6.07, 6.45) is 1.44. The normalized spacial score (nSPS) is 13.7. The lowest BCUT2D eigenvalue weighted by molar-refractivity contribution is 0.0168. The van der Waals surface area contributed by atoms with E-state index in [1.54, 1.807) is 54.6 Å². The first kappa shape index (κ1) is 24.6. The lowest BCUT2D eigenvalue weighted by atomic mass is 10.1. The highest BCUT2D eigenvalue weighted by Gasteiger charge is 2.34. The molecule has 190 valence electrons. The van der Waals surface area contributed by atoms with Crippen molar-refractivity contribution in [2.24, 2.45) is 0 Å². The van der Waals surface area contributed by atoms with Gasteiger partial charge in [0.2, 0.25) is 0 Å². The maximum absolute atomic E-state index is 13.3. The summed E-state index contributed by atoms with van der Waals surface area (Å²) in [6, 6.07) is 20.9. The molecule has 2 heterocycles. The number of para-hydroxylation sites is 3. The van der Waals surface area contributed by atoms with Crippen LogP contribution >= 0.6 is 0 Å². The Hall–Kier alpha value is -4.11. The molecule has 1 fully saturated rings. The Morgan fingerprint density at radius 2 is 1.65 bits per heavy atom. The van der Waals surface area contributed by atoms with Gasteiger partial charge in [-0.25, -0.2) is 8.42 Å². The van der Waals surface area contributed by atoms with Crippen molar-refractivity contribution in [2.45, 2.75) is 16.8 Å². The monoisotopic (exact) mass is 518 g/mol. The largest absolute Gasteiger partial charge is 0.496 e. The molecule has 3 aromatic carbocycles. The SMILES string of the molecule is COc1cc(C(=O)N2CC(Oc3ccccc3OC)C2)ccc1CS(=O)(=O)c1cccc2cccnc12. The summed E-state index contributed by atoms with van der Waals surface area (Å²) in [5.74, 6) is 1.16. The van der Waals surface area contributed by atoms with Crippen LogP contribution in [-0.4, -0.2) is 57.6 Å². The Kier molecular flexibility index (Phi) is 6.71. The summed E-state index contributed by atoms with van der Waals surface area (Å²) >= 11 is 0. The summed E-state index contributed by atoms with van der Waals surface area (Å²) in [5, 5.41) is 0.749. The van der Waals surface area contributed by atoms with Crippen LogP contribution in [0.5, 0.6) is 17.2 Å². The van der Waals surface area contributed by atoms with Crippen LogP contribution in [0.2, 0.25) is 0 Å². The van der Waals surface area contributed by atoms with Crippen molar-refractivity contribution in [2.75, 3.05) is 27.3 Å². The van der Waals surface area contributed by atoms with Crippen molar-refractivity contribution >= 4 is 26.6 Å². The number of aromatic nitrogens is 1. The van der Waals surface area contributed by atoms with Gasteiger partial charge in [0.05, 0.1) is 43.5 Å². The molecular formula is C28H26N2O6S. The Balaban J connectivity index is 1.29. The fraction of sp³-hybridized carbons (Fsp3) is 0.214. The molecule has 0 atom stereocenters. The Morgan fingerprint density at radius 1 is 0.919 bits per heavy atom. The molecule has 1 aliphatic rings. The van der Waals surface area contributed by atoms with E-state index in [0.29, 0.717) is 47.0 Å². The third-order valence-electron chi connectivity index (χ3n) is 6.31. The maximum Gasteiger partial charge on any atom is 0.254 e. The summed E-state index contributed by atoms with van der Waals surface area (Å²) in [5.41, 5.74) is 1.31. The number of likely N-dealkylation sites (tertiary alicyclic amines) is 1. The van der Waals surface area contributed by atoms with Gasteiger partial charge < -0.3 is 19.1 Å². The predicted molar refractivity (Wildman–Crippen MR) is 139 cm³/mol. The Morgan fingerprint density at radius 3 is 2.41 bits per heavy atom. The molecule has 1 saturated heterocycles. The molecular weight excluding hydrogens is 492 g/mol. The molecule has 1 amide bonds. The van der Waals surface area contributed by atoms with Crippen LogP contribution in [-0.2, 0) is 15.6 Å². The first-order chi connectivity index (χ1) is 17.9. The van der Waals surface area contributed by atoms with E-state index in [1.807, 2.05) is 36.4 Å². The number of carbonyl (C=O) groups is 1. The van der Waals surface area contributed by atoms with Gasteiger partial charge in [0.1, 0.15) is 11.9 Å². The third kappa shape index (κ3) is 4.95. The minimum atomic E-state index is -3.72. The van der Waals surface area contributed by atoms with Gasteiger partial charge in [-0.05, 0) is 36.4 Å². The van der Waals surface area contributed by atoms with E-state index in [4.69, 9.17) is 14.2 Å². The molecule has 0 bridgehead atoms.